The summed E-state index contributed by atoms with van der Waals surface area (Å²) in [6.07, 6.45) is 2.68. The maximum Gasteiger partial charge on any atom is 0.123 e. The highest BCUT2D eigenvalue weighted by Crippen LogP contribution is 2.10. The fraction of sp³-hybridized carbons (Fsp3) is 0.500. The summed E-state index contributed by atoms with van der Waals surface area (Å²) in [4.78, 5) is 0. The van der Waals surface area contributed by atoms with Crippen molar-refractivity contribution in [3.8, 4) is 0 Å². The minimum absolute atomic E-state index is 0.183. The molecule has 1 aliphatic heterocycles. The molecular weight excluding hydrogens is 193 g/mol. The molecule has 0 saturated carbocycles. The zero-order valence-electron chi connectivity index (χ0n) is 8.71. The molecule has 82 valence electrons. The normalized spacial score (nSPS) is 20.7. The van der Waals surface area contributed by atoms with Crippen LogP contribution in [0.1, 0.15) is 18.4 Å². The van der Waals surface area contributed by atoms with Crippen molar-refractivity contribution in [2.24, 2.45) is 0 Å². The van der Waals surface area contributed by atoms with Crippen molar-refractivity contribution in [1.29, 1.82) is 0 Å². The van der Waals surface area contributed by atoms with E-state index in [9.17, 15) is 4.39 Å². The second-order valence-electron chi connectivity index (χ2n) is 3.89. The molecule has 2 nitrogen and oxygen atoms in total. The molecule has 1 aromatic carbocycles. The van der Waals surface area contributed by atoms with Gasteiger partial charge in [-0.2, -0.15) is 0 Å². The number of hydrogen-bond acceptors (Lipinski definition) is 2. The average Bonchev–Trinajstić information content (AvgIpc) is 2.74. The fourth-order valence-electron chi connectivity index (χ4n) is 1.79. The second kappa shape index (κ2) is 5.24. The van der Waals surface area contributed by atoms with Crippen molar-refractivity contribution in [2.45, 2.75) is 25.5 Å². The Hall–Kier alpha value is -0.930. The Labute approximate surface area is 89.4 Å². The molecule has 0 aliphatic carbocycles. The summed E-state index contributed by atoms with van der Waals surface area (Å²) in [5.41, 5.74) is 1.11. The number of halogens is 1. The molecule has 3 heteroatoms. The van der Waals surface area contributed by atoms with Gasteiger partial charge < -0.3 is 10.1 Å². The third-order valence-electron chi connectivity index (χ3n) is 2.64. The highest BCUT2D eigenvalue weighted by molar-refractivity contribution is 5.15. The van der Waals surface area contributed by atoms with Gasteiger partial charge in [-0.05, 0) is 30.5 Å². The average molecular weight is 209 g/mol. The van der Waals surface area contributed by atoms with Crippen molar-refractivity contribution in [3.05, 3.63) is 35.6 Å². The van der Waals surface area contributed by atoms with E-state index in [2.05, 4.69) is 5.32 Å². The van der Waals surface area contributed by atoms with Crippen molar-refractivity contribution in [2.75, 3.05) is 13.2 Å². The van der Waals surface area contributed by atoms with Crippen LogP contribution in [-0.2, 0) is 11.3 Å². The maximum atomic E-state index is 12.6. The minimum atomic E-state index is -0.183. The summed E-state index contributed by atoms with van der Waals surface area (Å²) >= 11 is 0. The first-order valence-corrected chi connectivity index (χ1v) is 5.41. The van der Waals surface area contributed by atoms with E-state index in [4.69, 9.17) is 4.74 Å². The summed E-state index contributed by atoms with van der Waals surface area (Å²) in [6, 6.07) is 6.59. The molecule has 15 heavy (non-hydrogen) atoms. The predicted octanol–water partition coefficient (Wildman–Crippen LogP) is 2.09. The smallest absolute Gasteiger partial charge is 0.123 e. The Morgan fingerprint density at radius 3 is 2.80 bits per heavy atom. The molecule has 1 saturated heterocycles. The van der Waals surface area contributed by atoms with Crippen molar-refractivity contribution < 1.29 is 9.13 Å². The van der Waals surface area contributed by atoms with Crippen LogP contribution in [0.5, 0.6) is 0 Å². The molecular formula is C12H16FNO. The van der Waals surface area contributed by atoms with Gasteiger partial charge in [0.2, 0.25) is 0 Å². The van der Waals surface area contributed by atoms with Gasteiger partial charge in [0, 0.05) is 19.7 Å². The number of hydrogen-bond donors (Lipinski definition) is 1. The molecule has 1 N–H and O–H groups in total. The molecule has 0 unspecified atom stereocenters. The lowest BCUT2D eigenvalue weighted by Gasteiger charge is -2.10. The highest BCUT2D eigenvalue weighted by atomic mass is 19.1. The van der Waals surface area contributed by atoms with Crippen LogP contribution in [0.2, 0.25) is 0 Å². The number of nitrogens with one attached hydrogen (secondary N) is 1. The molecule has 0 aromatic heterocycles. The lowest BCUT2D eigenvalue weighted by atomic mass is 10.2. The molecule has 0 spiro atoms. The van der Waals surface area contributed by atoms with Crippen LogP contribution in [-0.4, -0.2) is 19.3 Å². The van der Waals surface area contributed by atoms with E-state index in [1.807, 2.05) is 0 Å². The molecule has 0 amide bonds. The van der Waals surface area contributed by atoms with Crippen LogP contribution >= 0.6 is 0 Å². The van der Waals surface area contributed by atoms with E-state index in [0.717, 1.165) is 31.7 Å². The van der Waals surface area contributed by atoms with E-state index in [-0.39, 0.29) is 5.82 Å². The monoisotopic (exact) mass is 209 g/mol. The Kier molecular flexibility index (Phi) is 3.69. The zero-order chi connectivity index (χ0) is 10.5. The Bertz CT molecular complexity index is 293. The van der Waals surface area contributed by atoms with Gasteiger partial charge in [-0.15, -0.1) is 0 Å². The first-order valence-electron chi connectivity index (χ1n) is 5.41. The van der Waals surface area contributed by atoms with E-state index in [0.29, 0.717) is 6.10 Å². The summed E-state index contributed by atoms with van der Waals surface area (Å²) in [5, 5.41) is 3.32. The van der Waals surface area contributed by atoms with E-state index in [1.54, 1.807) is 12.1 Å². The topological polar surface area (TPSA) is 21.3 Å². The van der Waals surface area contributed by atoms with Gasteiger partial charge in [-0.25, -0.2) is 4.39 Å². The Morgan fingerprint density at radius 2 is 2.13 bits per heavy atom. The molecule has 0 radical (unpaired) electrons. The van der Waals surface area contributed by atoms with Crippen LogP contribution in [0, 0.1) is 5.82 Å². The van der Waals surface area contributed by atoms with Gasteiger partial charge in [0.1, 0.15) is 5.82 Å². The fourth-order valence-corrected chi connectivity index (χ4v) is 1.79. The first kappa shape index (κ1) is 10.6. The standard InChI is InChI=1S/C12H16FNO/c13-11-5-3-10(4-6-11)8-14-9-12-2-1-7-15-12/h3-6,12,14H,1-2,7-9H2/t12-/m0/s1. The molecule has 2 rings (SSSR count). The third-order valence-corrected chi connectivity index (χ3v) is 2.64. The van der Waals surface area contributed by atoms with Crippen LogP contribution in [0.3, 0.4) is 0 Å². The molecule has 1 aliphatic rings. The largest absolute Gasteiger partial charge is 0.377 e. The molecule has 1 aromatic rings. The van der Waals surface area contributed by atoms with Crippen LogP contribution in [0.4, 0.5) is 4.39 Å². The molecule has 1 heterocycles. The van der Waals surface area contributed by atoms with Gasteiger partial charge in [-0.3, -0.25) is 0 Å². The SMILES string of the molecule is Fc1ccc(CNC[C@@H]2CCCO2)cc1. The van der Waals surface area contributed by atoms with Crippen LogP contribution < -0.4 is 5.32 Å². The van der Waals surface area contributed by atoms with Crippen molar-refractivity contribution in [3.63, 3.8) is 0 Å². The summed E-state index contributed by atoms with van der Waals surface area (Å²) in [7, 11) is 0. The molecule has 1 atom stereocenters. The number of ether oxygens (including phenoxy) is 1. The molecule has 0 bridgehead atoms. The van der Waals surface area contributed by atoms with E-state index < -0.39 is 0 Å². The predicted molar refractivity (Wildman–Crippen MR) is 57.1 cm³/mol. The van der Waals surface area contributed by atoms with Gasteiger partial charge in [0.15, 0.2) is 0 Å². The first-order chi connectivity index (χ1) is 7.34. The van der Waals surface area contributed by atoms with E-state index in [1.165, 1.54) is 18.6 Å². The zero-order valence-corrected chi connectivity index (χ0v) is 8.71. The lowest BCUT2D eigenvalue weighted by molar-refractivity contribution is 0.110. The molecule has 1 fully saturated rings. The van der Waals surface area contributed by atoms with Gasteiger partial charge in [0.05, 0.1) is 6.10 Å². The lowest BCUT2D eigenvalue weighted by Crippen LogP contribution is -2.25. The number of benzene rings is 1. The summed E-state index contributed by atoms with van der Waals surface area (Å²) in [6.45, 7) is 2.56. The summed E-state index contributed by atoms with van der Waals surface area (Å²) < 4.78 is 18.1. The van der Waals surface area contributed by atoms with Crippen molar-refractivity contribution >= 4 is 0 Å². The summed E-state index contributed by atoms with van der Waals surface area (Å²) in [5.74, 6) is -0.183. The van der Waals surface area contributed by atoms with Crippen LogP contribution in [0.25, 0.3) is 0 Å². The third kappa shape index (κ3) is 3.29. The highest BCUT2D eigenvalue weighted by Gasteiger charge is 2.14. The second-order valence-corrected chi connectivity index (χ2v) is 3.89. The van der Waals surface area contributed by atoms with Gasteiger partial charge >= 0.3 is 0 Å². The van der Waals surface area contributed by atoms with E-state index >= 15 is 0 Å². The maximum absolute atomic E-state index is 12.6. The number of rotatable bonds is 4. The van der Waals surface area contributed by atoms with Crippen LogP contribution in [0.15, 0.2) is 24.3 Å². The Balaban J connectivity index is 1.71. The van der Waals surface area contributed by atoms with Crippen molar-refractivity contribution in [1.82, 2.24) is 5.32 Å². The Morgan fingerprint density at radius 1 is 1.33 bits per heavy atom. The van der Waals surface area contributed by atoms with Gasteiger partial charge in [0.25, 0.3) is 0 Å². The van der Waals surface area contributed by atoms with Gasteiger partial charge in [-0.1, -0.05) is 12.1 Å². The minimum Gasteiger partial charge on any atom is -0.377 e. The quantitative estimate of drug-likeness (QED) is 0.820.